The van der Waals surface area contributed by atoms with Gasteiger partial charge in [0.1, 0.15) is 11.8 Å². The average molecular weight is 219 g/mol. The van der Waals surface area contributed by atoms with E-state index in [4.69, 9.17) is 10.00 Å². The lowest BCUT2D eigenvalue weighted by Crippen LogP contribution is -2.33. The number of nitrogens with one attached hydrogen (secondary N) is 1. The van der Waals surface area contributed by atoms with Crippen LogP contribution < -0.4 is 5.32 Å². The van der Waals surface area contributed by atoms with Crippen LogP contribution in [0.2, 0.25) is 0 Å². The Bertz CT molecular complexity index is 365. The maximum absolute atomic E-state index is 8.60. The summed E-state index contributed by atoms with van der Waals surface area (Å²) in [5.74, 6) is 0. The number of hydrogen-bond donors (Lipinski definition) is 1. The van der Waals surface area contributed by atoms with Crippen molar-refractivity contribution in [3.8, 4) is 6.07 Å². The van der Waals surface area contributed by atoms with Crippen molar-refractivity contribution in [1.82, 2.24) is 4.98 Å². The van der Waals surface area contributed by atoms with Gasteiger partial charge in [0.15, 0.2) is 0 Å². The minimum atomic E-state index is -0.206. The third-order valence-electron chi connectivity index (χ3n) is 2.13. The second kappa shape index (κ2) is 5.47. The van der Waals surface area contributed by atoms with Crippen LogP contribution in [0.15, 0.2) is 18.3 Å². The predicted octanol–water partition coefficient (Wildman–Crippen LogP) is 2.18. The Labute approximate surface area is 96.3 Å². The molecule has 0 spiro atoms. The smallest absolute Gasteiger partial charge is 0.140 e. The van der Waals surface area contributed by atoms with Crippen LogP contribution in [0.3, 0.4) is 0 Å². The van der Waals surface area contributed by atoms with Crippen LogP contribution in [-0.2, 0) is 4.74 Å². The van der Waals surface area contributed by atoms with Crippen molar-refractivity contribution in [2.24, 2.45) is 0 Å². The van der Waals surface area contributed by atoms with E-state index in [-0.39, 0.29) is 5.60 Å². The maximum atomic E-state index is 8.60. The SMILES string of the molecule is CCOC(C)(C)CNc1ccc(C#N)nc1. The van der Waals surface area contributed by atoms with E-state index in [1.54, 1.807) is 12.3 Å². The molecule has 0 saturated carbocycles. The molecule has 0 aliphatic carbocycles. The van der Waals surface area contributed by atoms with Crippen LogP contribution in [0.5, 0.6) is 0 Å². The number of nitrogens with zero attached hydrogens (tertiary/aromatic N) is 2. The molecular weight excluding hydrogens is 202 g/mol. The van der Waals surface area contributed by atoms with Gasteiger partial charge in [-0.2, -0.15) is 5.26 Å². The number of pyridine rings is 1. The average Bonchev–Trinajstić information content (AvgIpc) is 2.27. The molecule has 1 aromatic rings. The van der Waals surface area contributed by atoms with E-state index in [2.05, 4.69) is 10.3 Å². The molecule has 0 amide bonds. The zero-order valence-electron chi connectivity index (χ0n) is 9.95. The lowest BCUT2D eigenvalue weighted by atomic mass is 10.1. The van der Waals surface area contributed by atoms with E-state index in [1.165, 1.54) is 0 Å². The topological polar surface area (TPSA) is 57.9 Å². The highest BCUT2D eigenvalue weighted by Gasteiger charge is 2.16. The minimum absolute atomic E-state index is 0.206. The molecule has 0 unspecified atom stereocenters. The summed E-state index contributed by atoms with van der Waals surface area (Å²) in [4.78, 5) is 3.98. The van der Waals surface area contributed by atoms with Crippen LogP contribution >= 0.6 is 0 Å². The monoisotopic (exact) mass is 219 g/mol. The third kappa shape index (κ3) is 3.87. The fourth-order valence-corrected chi connectivity index (χ4v) is 1.32. The van der Waals surface area contributed by atoms with Gasteiger partial charge in [-0.05, 0) is 32.9 Å². The van der Waals surface area contributed by atoms with Gasteiger partial charge >= 0.3 is 0 Å². The van der Waals surface area contributed by atoms with Gasteiger partial charge in [-0.1, -0.05) is 0 Å². The Morgan fingerprint density at radius 1 is 1.50 bits per heavy atom. The zero-order chi connectivity index (χ0) is 12.0. The van der Waals surface area contributed by atoms with Crippen molar-refractivity contribution in [2.45, 2.75) is 26.4 Å². The summed E-state index contributed by atoms with van der Waals surface area (Å²) in [6, 6.07) is 5.51. The van der Waals surface area contributed by atoms with Crippen molar-refractivity contribution in [3.63, 3.8) is 0 Å². The lowest BCUT2D eigenvalue weighted by molar-refractivity contribution is 0.000695. The van der Waals surface area contributed by atoms with Crippen LogP contribution in [0, 0.1) is 11.3 Å². The molecule has 0 atom stereocenters. The first-order chi connectivity index (χ1) is 7.57. The van der Waals surface area contributed by atoms with Crippen molar-refractivity contribution >= 4 is 5.69 Å². The van der Waals surface area contributed by atoms with Crippen molar-refractivity contribution in [3.05, 3.63) is 24.0 Å². The summed E-state index contributed by atoms with van der Waals surface area (Å²) in [7, 11) is 0. The molecule has 16 heavy (non-hydrogen) atoms. The van der Waals surface area contributed by atoms with Crippen molar-refractivity contribution in [1.29, 1.82) is 5.26 Å². The Kier molecular flexibility index (Phi) is 4.27. The predicted molar refractivity (Wildman–Crippen MR) is 63.1 cm³/mol. The van der Waals surface area contributed by atoms with Crippen LogP contribution in [0.25, 0.3) is 0 Å². The van der Waals surface area contributed by atoms with E-state index in [0.29, 0.717) is 18.8 Å². The Morgan fingerprint density at radius 3 is 2.75 bits per heavy atom. The van der Waals surface area contributed by atoms with E-state index in [9.17, 15) is 0 Å². The second-order valence-corrected chi connectivity index (χ2v) is 4.09. The largest absolute Gasteiger partial charge is 0.381 e. The number of anilines is 1. The number of rotatable bonds is 5. The molecule has 1 aromatic heterocycles. The van der Waals surface area contributed by atoms with Gasteiger partial charge in [0.25, 0.3) is 0 Å². The molecule has 0 radical (unpaired) electrons. The molecule has 86 valence electrons. The van der Waals surface area contributed by atoms with Gasteiger partial charge < -0.3 is 10.1 Å². The van der Waals surface area contributed by atoms with Gasteiger partial charge in [0.05, 0.1) is 17.5 Å². The molecule has 0 fully saturated rings. The first kappa shape index (κ1) is 12.5. The molecule has 1 N–H and O–H groups in total. The first-order valence-corrected chi connectivity index (χ1v) is 5.31. The van der Waals surface area contributed by atoms with Crippen molar-refractivity contribution < 1.29 is 4.74 Å². The van der Waals surface area contributed by atoms with Gasteiger partial charge in [-0.15, -0.1) is 0 Å². The standard InChI is InChI=1S/C12H17N3O/c1-4-16-12(2,3)9-15-11-6-5-10(7-13)14-8-11/h5-6,8,15H,4,9H2,1-3H3. The quantitative estimate of drug-likeness (QED) is 0.824. The first-order valence-electron chi connectivity index (χ1n) is 5.31. The normalized spacial score (nSPS) is 10.9. The Morgan fingerprint density at radius 2 is 2.25 bits per heavy atom. The molecule has 0 aliphatic rings. The van der Waals surface area contributed by atoms with Crippen LogP contribution in [0.4, 0.5) is 5.69 Å². The van der Waals surface area contributed by atoms with E-state index in [1.807, 2.05) is 32.9 Å². The number of ether oxygens (including phenoxy) is 1. The second-order valence-electron chi connectivity index (χ2n) is 4.09. The number of aromatic nitrogens is 1. The zero-order valence-corrected chi connectivity index (χ0v) is 9.95. The highest BCUT2D eigenvalue weighted by molar-refractivity contribution is 5.42. The molecule has 1 heterocycles. The summed E-state index contributed by atoms with van der Waals surface area (Å²) in [5.41, 5.74) is 1.12. The molecule has 4 nitrogen and oxygen atoms in total. The molecule has 1 rings (SSSR count). The Balaban J connectivity index is 2.52. The number of hydrogen-bond acceptors (Lipinski definition) is 4. The van der Waals surface area contributed by atoms with Gasteiger partial charge in [-0.25, -0.2) is 4.98 Å². The molecule has 4 heteroatoms. The Hall–Kier alpha value is -1.60. The maximum Gasteiger partial charge on any atom is 0.140 e. The van der Waals surface area contributed by atoms with Gasteiger partial charge in [-0.3, -0.25) is 0 Å². The summed E-state index contributed by atoms with van der Waals surface area (Å²) >= 11 is 0. The van der Waals surface area contributed by atoms with E-state index >= 15 is 0 Å². The minimum Gasteiger partial charge on any atom is -0.381 e. The lowest BCUT2D eigenvalue weighted by Gasteiger charge is -2.25. The fourth-order valence-electron chi connectivity index (χ4n) is 1.32. The molecule has 0 saturated heterocycles. The highest BCUT2D eigenvalue weighted by Crippen LogP contribution is 2.12. The molecular formula is C12H17N3O. The molecule has 0 bridgehead atoms. The number of nitriles is 1. The summed E-state index contributed by atoms with van der Waals surface area (Å²) in [6.07, 6.45) is 1.65. The van der Waals surface area contributed by atoms with Gasteiger partial charge in [0, 0.05) is 13.2 Å². The summed E-state index contributed by atoms with van der Waals surface area (Å²) < 4.78 is 5.56. The third-order valence-corrected chi connectivity index (χ3v) is 2.13. The van der Waals surface area contributed by atoms with Crippen LogP contribution in [0.1, 0.15) is 26.5 Å². The molecule has 0 aromatic carbocycles. The fraction of sp³-hybridized carbons (Fsp3) is 0.500. The van der Waals surface area contributed by atoms with E-state index in [0.717, 1.165) is 5.69 Å². The van der Waals surface area contributed by atoms with Crippen LogP contribution in [-0.4, -0.2) is 23.7 Å². The van der Waals surface area contributed by atoms with Gasteiger partial charge in [0.2, 0.25) is 0 Å². The van der Waals surface area contributed by atoms with Crippen molar-refractivity contribution in [2.75, 3.05) is 18.5 Å². The van der Waals surface area contributed by atoms with E-state index < -0.39 is 0 Å². The summed E-state index contributed by atoms with van der Waals surface area (Å²) in [5, 5.41) is 11.8. The molecule has 0 aliphatic heterocycles. The highest BCUT2D eigenvalue weighted by atomic mass is 16.5. The summed E-state index contributed by atoms with van der Waals surface area (Å²) in [6.45, 7) is 7.43.